The number of pyridine rings is 1. The van der Waals surface area contributed by atoms with E-state index >= 15 is 0 Å². The number of rotatable bonds is 3. The molecule has 0 saturated heterocycles. The Morgan fingerprint density at radius 3 is 2.79 bits per heavy atom. The maximum Gasteiger partial charge on any atom is 0.313 e. The predicted octanol–water partition coefficient (Wildman–Crippen LogP) is 1.14. The van der Waals surface area contributed by atoms with Gasteiger partial charge in [-0.15, -0.1) is 0 Å². The van der Waals surface area contributed by atoms with Gasteiger partial charge in [0, 0.05) is 18.0 Å². The molecular formula is C10H11NO3. The molecule has 0 atom stereocenters. The van der Waals surface area contributed by atoms with Crippen LogP contribution in [-0.2, 0) is 9.53 Å². The van der Waals surface area contributed by atoms with Gasteiger partial charge in [-0.2, -0.15) is 0 Å². The standard InChI is InChI=1S/C10H11NO3/c1-7-3-4-11-6-8(7)9(12)5-10(13)14-2/h3-4,6H,5H2,1-2H3. The fraction of sp³-hybridized carbons (Fsp3) is 0.300. The van der Waals surface area contributed by atoms with Crippen LogP contribution in [0.25, 0.3) is 0 Å². The van der Waals surface area contributed by atoms with E-state index in [1.54, 1.807) is 19.2 Å². The molecule has 1 rings (SSSR count). The van der Waals surface area contributed by atoms with E-state index in [0.717, 1.165) is 5.56 Å². The SMILES string of the molecule is COC(=O)CC(=O)c1cnccc1C. The zero-order valence-electron chi connectivity index (χ0n) is 8.11. The summed E-state index contributed by atoms with van der Waals surface area (Å²) in [5.74, 6) is -0.791. The van der Waals surface area contributed by atoms with Crippen molar-refractivity contribution < 1.29 is 14.3 Å². The molecule has 0 unspecified atom stereocenters. The maximum absolute atomic E-state index is 11.5. The highest BCUT2D eigenvalue weighted by Crippen LogP contribution is 2.08. The second-order valence-electron chi connectivity index (χ2n) is 2.87. The highest BCUT2D eigenvalue weighted by molar-refractivity contribution is 6.06. The zero-order valence-corrected chi connectivity index (χ0v) is 8.11. The van der Waals surface area contributed by atoms with Crippen LogP contribution in [0, 0.1) is 6.92 Å². The van der Waals surface area contributed by atoms with Gasteiger partial charge < -0.3 is 4.74 Å². The van der Waals surface area contributed by atoms with Gasteiger partial charge in [-0.1, -0.05) is 0 Å². The number of aryl methyl sites for hydroxylation is 1. The quantitative estimate of drug-likeness (QED) is 0.410. The molecule has 0 amide bonds. The molecule has 0 radical (unpaired) electrons. The van der Waals surface area contributed by atoms with E-state index in [4.69, 9.17) is 0 Å². The Morgan fingerprint density at radius 2 is 2.21 bits per heavy atom. The third kappa shape index (κ3) is 2.39. The molecule has 0 N–H and O–H groups in total. The minimum atomic E-state index is -0.529. The summed E-state index contributed by atoms with van der Waals surface area (Å²) in [6, 6.07) is 1.73. The molecule has 4 heteroatoms. The maximum atomic E-state index is 11.5. The molecule has 4 nitrogen and oxygen atoms in total. The van der Waals surface area contributed by atoms with Crippen molar-refractivity contribution in [2.75, 3.05) is 7.11 Å². The Labute approximate surface area is 81.9 Å². The Balaban J connectivity index is 2.80. The number of hydrogen-bond acceptors (Lipinski definition) is 4. The van der Waals surface area contributed by atoms with Crippen LogP contribution in [0.5, 0.6) is 0 Å². The minimum absolute atomic E-state index is 0.233. The molecular weight excluding hydrogens is 182 g/mol. The number of ether oxygens (including phenoxy) is 1. The second-order valence-corrected chi connectivity index (χ2v) is 2.87. The number of Topliss-reactive ketones (excluding diaryl/α,β-unsaturated/α-hetero) is 1. The predicted molar refractivity (Wildman–Crippen MR) is 49.9 cm³/mol. The van der Waals surface area contributed by atoms with Crippen LogP contribution in [0.4, 0.5) is 0 Å². The first-order valence-electron chi connectivity index (χ1n) is 4.15. The first-order valence-corrected chi connectivity index (χ1v) is 4.15. The molecule has 0 spiro atoms. The van der Waals surface area contributed by atoms with Crippen molar-refractivity contribution in [1.82, 2.24) is 4.98 Å². The summed E-state index contributed by atoms with van der Waals surface area (Å²) in [4.78, 5) is 26.2. The molecule has 0 saturated carbocycles. The largest absolute Gasteiger partial charge is 0.469 e. The number of methoxy groups -OCH3 is 1. The van der Waals surface area contributed by atoms with Crippen molar-refractivity contribution in [3.63, 3.8) is 0 Å². The number of nitrogens with zero attached hydrogens (tertiary/aromatic N) is 1. The number of hydrogen-bond donors (Lipinski definition) is 0. The lowest BCUT2D eigenvalue weighted by molar-refractivity contribution is -0.139. The summed E-state index contributed by atoms with van der Waals surface area (Å²) >= 11 is 0. The summed E-state index contributed by atoms with van der Waals surface area (Å²) in [6.07, 6.45) is 2.83. The summed E-state index contributed by atoms with van der Waals surface area (Å²) < 4.78 is 4.40. The average molecular weight is 193 g/mol. The molecule has 1 heterocycles. The molecule has 74 valence electrons. The summed E-state index contributed by atoms with van der Waals surface area (Å²) in [7, 11) is 1.26. The van der Waals surface area contributed by atoms with Gasteiger partial charge in [0.2, 0.25) is 0 Å². The summed E-state index contributed by atoms with van der Waals surface area (Å²) in [5, 5.41) is 0. The third-order valence-corrected chi connectivity index (χ3v) is 1.87. The molecule has 0 bridgehead atoms. The molecule has 0 aliphatic heterocycles. The van der Waals surface area contributed by atoms with Crippen molar-refractivity contribution >= 4 is 11.8 Å². The van der Waals surface area contributed by atoms with Gasteiger partial charge in [-0.3, -0.25) is 14.6 Å². The first-order chi connectivity index (χ1) is 6.65. The van der Waals surface area contributed by atoms with Crippen LogP contribution < -0.4 is 0 Å². The van der Waals surface area contributed by atoms with Crippen LogP contribution in [0.1, 0.15) is 22.3 Å². The van der Waals surface area contributed by atoms with Crippen molar-refractivity contribution in [1.29, 1.82) is 0 Å². The summed E-state index contributed by atoms with van der Waals surface area (Å²) in [6.45, 7) is 1.80. The Kier molecular flexibility index (Phi) is 3.34. The van der Waals surface area contributed by atoms with Gasteiger partial charge >= 0.3 is 5.97 Å². The van der Waals surface area contributed by atoms with Crippen molar-refractivity contribution in [2.45, 2.75) is 13.3 Å². The monoisotopic (exact) mass is 193 g/mol. The fourth-order valence-electron chi connectivity index (χ4n) is 1.05. The number of carbonyl (C=O) groups excluding carboxylic acids is 2. The number of ketones is 1. The topological polar surface area (TPSA) is 56.3 Å². The first kappa shape index (κ1) is 10.4. The average Bonchev–Trinajstić information content (AvgIpc) is 2.18. The molecule has 1 aromatic heterocycles. The Morgan fingerprint density at radius 1 is 1.50 bits per heavy atom. The van der Waals surface area contributed by atoms with Crippen LogP contribution >= 0.6 is 0 Å². The van der Waals surface area contributed by atoms with Crippen LogP contribution in [0.2, 0.25) is 0 Å². The van der Waals surface area contributed by atoms with Gasteiger partial charge in [0.1, 0.15) is 6.42 Å². The van der Waals surface area contributed by atoms with E-state index in [0.29, 0.717) is 5.56 Å². The van der Waals surface area contributed by atoms with Crippen LogP contribution in [0.3, 0.4) is 0 Å². The van der Waals surface area contributed by atoms with E-state index in [-0.39, 0.29) is 12.2 Å². The van der Waals surface area contributed by atoms with E-state index in [1.807, 2.05) is 0 Å². The van der Waals surface area contributed by atoms with Gasteiger partial charge in [0.15, 0.2) is 5.78 Å². The van der Waals surface area contributed by atoms with Gasteiger partial charge in [-0.25, -0.2) is 0 Å². The van der Waals surface area contributed by atoms with Gasteiger partial charge in [0.25, 0.3) is 0 Å². The van der Waals surface area contributed by atoms with E-state index < -0.39 is 5.97 Å². The van der Waals surface area contributed by atoms with Gasteiger partial charge in [0.05, 0.1) is 7.11 Å². The normalized spacial score (nSPS) is 9.57. The molecule has 14 heavy (non-hydrogen) atoms. The summed E-state index contributed by atoms with van der Waals surface area (Å²) in [5.41, 5.74) is 1.28. The highest BCUT2D eigenvalue weighted by atomic mass is 16.5. The number of aromatic nitrogens is 1. The lowest BCUT2D eigenvalue weighted by Crippen LogP contribution is -2.10. The lowest BCUT2D eigenvalue weighted by atomic mass is 10.1. The van der Waals surface area contributed by atoms with Crippen molar-refractivity contribution in [2.24, 2.45) is 0 Å². The highest BCUT2D eigenvalue weighted by Gasteiger charge is 2.13. The second kappa shape index (κ2) is 4.50. The molecule has 0 aromatic carbocycles. The Bertz CT molecular complexity index is 360. The van der Waals surface area contributed by atoms with E-state index in [2.05, 4.69) is 9.72 Å². The Hall–Kier alpha value is -1.71. The fourth-order valence-corrected chi connectivity index (χ4v) is 1.05. The van der Waals surface area contributed by atoms with Crippen molar-refractivity contribution in [3.05, 3.63) is 29.6 Å². The minimum Gasteiger partial charge on any atom is -0.469 e. The van der Waals surface area contributed by atoms with E-state index in [1.165, 1.54) is 13.3 Å². The molecule has 0 aliphatic rings. The smallest absolute Gasteiger partial charge is 0.313 e. The molecule has 0 fully saturated rings. The number of esters is 1. The third-order valence-electron chi connectivity index (χ3n) is 1.87. The zero-order chi connectivity index (χ0) is 10.6. The van der Waals surface area contributed by atoms with E-state index in [9.17, 15) is 9.59 Å². The van der Waals surface area contributed by atoms with Crippen LogP contribution in [-0.4, -0.2) is 23.8 Å². The molecule has 1 aromatic rings. The molecule has 0 aliphatic carbocycles. The van der Waals surface area contributed by atoms with Gasteiger partial charge in [-0.05, 0) is 18.6 Å². The van der Waals surface area contributed by atoms with Crippen LogP contribution in [0.15, 0.2) is 18.5 Å². The van der Waals surface area contributed by atoms with Crippen molar-refractivity contribution in [3.8, 4) is 0 Å². The number of carbonyl (C=O) groups is 2. The lowest BCUT2D eigenvalue weighted by Gasteiger charge is -2.02.